The van der Waals surface area contributed by atoms with Gasteiger partial charge in [0.15, 0.2) is 5.96 Å². The van der Waals surface area contributed by atoms with Gasteiger partial charge in [-0.1, -0.05) is 38.1 Å². The Balaban J connectivity index is 1.66. The van der Waals surface area contributed by atoms with Crippen molar-refractivity contribution >= 4 is 5.96 Å². The Morgan fingerprint density at radius 3 is 2.75 bits per heavy atom. The van der Waals surface area contributed by atoms with Crippen molar-refractivity contribution in [2.75, 3.05) is 40.0 Å². The number of nitrogens with zero attached hydrogens (tertiary/aromatic N) is 1. The molecule has 0 unspecified atom stereocenters. The summed E-state index contributed by atoms with van der Waals surface area (Å²) in [5.74, 6) is 1.40. The topological polar surface area (TPSA) is 64.1 Å². The van der Waals surface area contributed by atoms with Crippen LogP contribution in [0.25, 0.3) is 0 Å². The van der Waals surface area contributed by atoms with E-state index < -0.39 is 0 Å². The standard InChI is InChI=1S/C22H37N3O3/c1-18(2)16-27-11-5-10-24-22(23-3)25-15-19-6-4-7-20(14-19)17-28-21-8-12-26-13-9-21/h4,6-7,14,18,21H,5,8-13,15-17H2,1-3H3,(H2,23,24,25). The Morgan fingerprint density at radius 1 is 1.21 bits per heavy atom. The molecule has 28 heavy (non-hydrogen) atoms. The first-order valence-electron chi connectivity index (χ1n) is 10.5. The van der Waals surface area contributed by atoms with Crippen molar-refractivity contribution in [2.24, 2.45) is 10.9 Å². The van der Waals surface area contributed by atoms with Gasteiger partial charge in [0.2, 0.25) is 0 Å². The van der Waals surface area contributed by atoms with Crippen LogP contribution in [0.1, 0.15) is 44.2 Å². The molecule has 1 fully saturated rings. The third kappa shape index (κ3) is 9.53. The molecule has 6 heteroatoms. The largest absolute Gasteiger partial charge is 0.381 e. The van der Waals surface area contributed by atoms with Crippen LogP contribution >= 0.6 is 0 Å². The highest BCUT2D eigenvalue weighted by atomic mass is 16.5. The number of nitrogens with one attached hydrogen (secondary N) is 2. The second-order valence-corrected chi connectivity index (χ2v) is 7.62. The van der Waals surface area contributed by atoms with Gasteiger partial charge in [0.05, 0.1) is 12.7 Å². The Kier molecular flexibility index (Phi) is 10.9. The minimum absolute atomic E-state index is 0.322. The van der Waals surface area contributed by atoms with E-state index in [9.17, 15) is 0 Å². The molecule has 1 heterocycles. The lowest BCUT2D eigenvalue weighted by Gasteiger charge is -2.22. The second kappa shape index (κ2) is 13.5. The average Bonchev–Trinajstić information content (AvgIpc) is 2.72. The fraction of sp³-hybridized carbons (Fsp3) is 0.682. The molecule has 1 aromatic carbocycles. The zero-order valence-electron chi connectivity index (χ0n) is 17.7. The van der Waals surface area contributed by atoms with Crippen LogP contribution in [0.5, 0.6) is 0 Å². The van der Waals surface area contributed by atoms with Crippen molar-refractivity contribution in [2.45, 2.75) is 52.4 Å². The molecular formula is C22H37N3O3. The molecule has 0 atom stereocenters. The Morgan fingerprint density at radius 2 is 2.00 bits per heavy atom. The quantitative estimate of drug-likeness (QED) is 0.345. The number of hydrogen-bond acceptors (Lipinski definition) is 4. The lowest BCUT2D eigenvalue weighted by Crippen LogP contribution is -2.37. The summed E-state index contributed by atoms with van der Waals surface area (Å²) < 4.78 is 17.0. The molecule has 1 aliphatic rings. The Hall–Kier alpha value is -1.63. The van der Waals surface area contributed by atoms with Gasteiger partial charge in [0.25, 0.3) is 0 Å². The minimum Gasteiger partial charge on any atom is -0.381 e. The van der Waals surface area contributed by atoms with Gasteiger partial charge < -0.3 is 24.8 Å². The summed E-state index contributed by atoms with van der Waals surface area (Å²) in [7, 11) is 1.79. The molecular weight excluding hydrogens is 354 g/mol. The molecule has 0 amide bonds. The zero-order chi connectivity index (χ0) is 20.0. The Labute approximate surface area is 170 Å². The van der Waals surface area contributed by atoms with E-state index in [2.05, 4.69) is 53.7 Å². The van der Waals surface area contributed by atoms with Crippen molar-refractivity contribution in [3.63, 3.8) is 0 Å². The maximum Gasteiger partial charge on any atom is 0.191 e. The molecule has 1 aromatic rings. The summed E-state index contributed by atoms with van der Waals surface area (Å²) in [6.45, 7) is 9.77. The summed E-state index contributed by atoms with van der Waals surface area (Å²) in [4.78, 5) is 4.29. The molecule has 1 aliphatic heterocycles. The molecule has 1 saturated heterocycles. The third-order valence-corrected chi connectivity index (χ3v) is 4.54. The minimum atomic E-state index is 0.322. The van der Waals surface area contributed by atoms with E-state index in [-0.39, 0.29) is 0 Å². The molecule has 0 aliphatic carbocycles. The summed E-state index contributed by atoms with van der Waals surface area (Å²) in [5, 5.41) is 6.70. The molecule has 0 radical (unpaired) electrons. The molecule has 0 spiro atoms. The fourth-order valence-electron chi connectivity index (χ4n) is 2.99. The van der Waals surface area contributed by atoms with Crippen molar-refractivity contribution in [1.29, 1.82) is 0 Å². The molecule has 0 bridgehead atoms. The van der Waals surface area contributed by atoms with Gasteiger partial charge in [0, 0.05) is 46.6 Å². The maximum absolute atomic E-state index is 6.02. The number of rotatable bonds is 11. The summed E-state index contributed by atoms with van der Waals surface area (Å²) in [6.07, 6.45) is 3.27. The van der Waals surface area contributed by atoms with Crippen molar-refractivity contribution < 1.29 is 14.2 Å². The van der Waals surface area contributed by atoms with E-state index in [0.717, 1.165) is 64.7 Å². The summed E-state index contributed by atoms with van der Waals surface area (Å²) in [5.41, 5.74) is 2.42. The van der Waals surface area contributed by atoms with E-state index in [1.54, 1.807) is 7.05 Å². The highest BCUT2D eigenvalue weighted by Crippen LogP contribution is 2.14. The van der Waals surface area contributed by atoms with E-state index in [0.29, 0.717) is 18.6 Å². The first-order valence-corrected chi connectivity index (χ1v) is 10.5. The van der Waals surface area contributed by atoms with Crippen LogP contribution in [0.4, 0.5) is 0 Å². The SMILES string of the molecule is CN=C(NCCCOCC(C)C)NCc1cccc(COC2CCOCC2)c1. The van der Waals surface area contributed by atoms with Crippen LogP contribution < -0.4 is 10.6 Å². The van der Waals surface area contributed by atoms with E-state index in [4.69, 9.17) is 14.2 Å². The van der Waals surface area contributed by atoms with Crippen LogP contribution in [-0.2, 0) is 27.4 Å². The molecule has 158 valence electrons. The number of guanidine groups is 1. The van der Waals surface area contributed by atoms with Crippen LogP contribution in [-0.4, -0.2) is 52.1 Å². The van der Waals surface area contributed by atoms with Crippen LogP contribution in [0.15, 0.2) is 29.3 Å². The van der Waals surface area contributed by atoms with Crippen LogP contribution in [0.2, 0.25) is 0 Å². The lowest BCUT2D eigenvalue weighted by molar-refractivity contribution is -0.0390. The highest BCUT2D eigenvalue weighted by Gasteiger charge is 2.14. The molecule has 2 N–H and O–H groups in total. The van der Waals surface area contributed by atoms with Crippen molar-refractivity contribution in [1.82, 2.24) is 10.6 Å². The molecule has 0 aromatic heterocycles. The van der Waals surface area contributed by atoms with Crippen LogP contribution in [0.3, 0.4) is 0 Å². The average molecular weight is 392 g/mol. The van der Waals surface area contributed by atoms with Gasteiger partial charge in [-0.15, -0.1) is 0 Å². The summed E-state index contributed by atoms with van der Waals surface area (Å²) in [6, 6.07) is 8.52. The molecule has 2 rings (SSSR count). The molecule has 6 nitrogen and oxygen atoms in total. The monoisotopic (exact) mass is 391 g/mol. The van der Waals surface area contributed by atoms with Gasteiger partial charge in [-0.2, -0.15) is 0 Å². The fourth-order valence-corrected chi connectivity index (χ4v) is 2.99. The summed E-state index contributed by atoms with van der Waals surface area (Å²) >= 11 is 0. The number of hydrogen-bond donors (Lipinski definition) is 2. The predicted molar refractivity (Wildman–Crippen MR) is 114 cm³/mol. The maximum atomic E-state index is 6.02. The highest BCUT2D eigenvalue weighted by molar-refractivity contribution is 5.79. The van der Waals surface area contributed by atoms with E-state index >= 15 is 0 Å². The third-order valence-electron chi connectivity index (χ3n) is 4.54. The normalized spacial score (nSPS) is 15.8. The van der Waals surface area contributed by atoms with E-state index in [1.165, 1.54) is 11.1 Å². The first kappa shape index (κ1) is 22.7. The lowest BCUT2D eigenvalue weighted by atomic mass is 10.1. The second-order valence-electron chi connectivity index (χ2n) is 7.62. The Bertz CT molecular complexity index is 572. The van der Waals surface area contributed by atoms with Crippen molar-refractivity contribution in [3.8, 4) is 0 Å². The van der Waals surface area contributed by atoms with Gasteiger partial charge in [-0.05, 0) is 36.3 Å². The zero-order valence-corrected chi connectivity index (χ0v) is 17.7. The van der Waals surface area contributed by atoms with Crippen LogP contribution in [0, 0.1) is 5.92 Å². The number of benzene rings is 1. The van der Waals surface area contributed by atoms with Gasteiger partial charge in [-0.25, -0.2) is 0 Å². The molecule has 0 saturated carbocycles. The first-order chi connectivity index (χ1) is 13.7. The van der Waals surface area contributed by atoms with Gasteiger partial charge >= 0.3 is 0 Å². The number of aliphatic imine (C=N–C) groups is 1. The smallest absolute Gasteiger partial charge is 0.191 e. The number of ether oxygens (including phenoxy) is 3. The van der Waals surface area contributed by atoms with Crippen molar-refractivity contribution in [3.05, 3.63) is 35.4 Å². The van der Waals surface area contributed by atoms with E-state index in [1.807, 2.05) is 0 Å². The van der Waals surface area contributed by atoms with Gasteiger partial charge in [-0.3, -0.25) is 4.99 Å². The van der Waals surface area contributed by atoms with Gasteiger partial charge in [0.1, 0.15) is 0 Å². The predicted octanol–water partition coefficient (Wildman–Crippen LogP) is 3.11.